The van der Waals surface area contributed by atoms with Gasteiger partial charge in [0.1, 0.15) is 5.75 Å². The third-order valence-corrected chi connectivity index (χ3v) is 7.83. The van der Waals surface area contributed by atoms with Gasteiger partial charge in [-0.2, -0.15) is 5.10 Å². The Balaban J connectivity index is 1.22. The summed E-state index contributed by atoms with van der Waals surface area (Å²) in [5, 5.41) is 4.53. The highest BCUT2D eigenvalue weighted by Crippen LogP contribution is 2.34. The number of nitrogens with zero attached hydrogens (tertiary/aromatic N) is 6. The normalized spacial score (nSPS) is 18.6. The molecule has 0 bridgehead atoms. The minimum Gasteiger partial charge on any atom is -0.497 e. The van der Waals surface area contributed by atoms with E-state index in [1.807, 2.05) is 30.2 Å². The number of morpholine rings is 1. The average Bonchev–Trinajstić information content (AvgIpc) is 3.33. The van der Waals surface area contributed by atoms with E-state index in [-0.39, 0.29) is 5.91 Å². The zero-order chi connectivity index (χ0) is 24.6. The van der Waals surface area contributed by atoms with Crippen LogP contribution in [0.5, 0.6) is 5.75 Å². The fourth-order valence-corrected chi connectivity index (χ4v) is 5.67. The number of ether oxygens (including phenoxy) is 2. The lowest BCUT2D eigenvalue weighted by molar-refractivity contribution is 0.00158. The summed E-state index contributed by atoms with van der Waals surface area (Å²) in [6.07, 6.45) is 7.39. The number of amides is 1. The van der Waals surface area contributed by atoms with E-state index in [0.717, 1.165) is 93.3 Å². The number of methoxy groups -OCH3 is 1. The third kappa shape index (κ3) is 4.16. The summed E-state index contributed by atoms with van der Waals surface area (Å²) in [5.74, 6) is 1.32. The monoisotopic (exact) mass is 488 g/mol. The SMILES string of the molecule is COc1ccc2c(c1)-c1nc(-n3ncc(C(=O)N4CCC(N5CCOCC5)CC4)c3C)ncc1CC2. The van der Waals surface area contributed by atoms with E-state index in [1.54, 1.807) is 18.0 Å². The summed E-state index contributed by atoms with van der Waals surface area (Å²) in [4.78, 5) is 27.4. The summed E-state index contributed by atoms with van der Waals surface area (Å²) in [6, 6.07) is 6.67. The summed E-state index contributed by atoms with van der Waals surface area (Å²) in [7, 11) is 1.67. The number of fused-ring (bicyclic) bond motifs is 3. The molecule has 0 atom stereocenters. The molecular formula is C27H32N6O3. The molecule has 0 spiro atoms. The minimum absolute atomic E-state index is 0.0345. The van der Waals surface area contributed by atoms with Crippen LogP contribution in [0, 0.1) is 6.92 Å². The first-order valence-corrected chi connectivity index (χ1v) is 12.8. The van der Waals surface area contributed by atoms with Gasteiger partial charge in [0, 0.05) is 44.0 Å². The highest BCUT2D eigenvalue weighted by atomic mass is 16.5. The van der Waals surface area contributed by atoms with Crippen molar-refractivity contribution in [3.63, 3.8) is 0 Å². The van der Waals surface area contributed by atoms with Crippen LogP contribution < -0.4 is 4.74 Å². The van der Waals surface area contributed by atoms with E-state index in [0.29, 0.717) is 17.6 Å². The van der Waals surface area contributed by atoms with Crippen molar-refractivity contribution in [1.29, 1.82) is 0 Å². The summed E-state index contributed by atoms with van der Waals surface area (Å²) in [5.41, 5.74) is 5.72. The minimum atomic E-state index is 0.0345. The molecule has 1 amide bonds. The summed E-state index contributed by atoms with van der Waals surface area (Å²) in [6.45, 7) is 7.03. The highest BCUT2D eigenvalue weighted by Gasteiger charge is 2.30. The smallest absolute Gasteiger partial charge is 0.257 e. The lowest BCUT2D eigenvalue weighted by Gasteiger charge is -2.40. The zero-order valence-electron chi connectivity index (χ0n) is 20.9. The number of rotatable bonds is 4. The van der Waals surface area contributed by atoms with E-state index in [4.69, 9.17) is 14.5 Å². The second kappa shape index (κ2) is 9.63. The van der Waals surface area contributed by atoms with Crippen LogP contribution >= 0.6 is 0 Å². The first kappa shape index (κ1) is 23.1. The van der Waals surface area contributed by atoms with Gasteiger partial charge in [-0.1, -0.05) is 6.07 Å². The van der Waals surface area contributed by atoms with Crippen LogP contribution in [0.4, 0.5) is 0 Å². The van der Waals surface area contributed by atoms with Gasteiger partial charge in [-0.15, -0.1) is 0 Å². The molecule has 0 radical (unpaired) electrons. The Labute approximate surface area is 211 Å². The molecule has 0 saturated carbocycles. The Morgan fingerprint density at radius 1 is 1.06 bits per heavy atom. The van der Waals surface area contributed by atoms with Gasteiger partial charge in [-0.05, 0) is 55.9 Å². The van der Waals surface area contributed by atoms with Gasteiger partial charge in [0.2, 0.25) is 0 Å². The summed E-state index contributed by atoms with van der Waals surface area (Å²) >= 11 is 0. The van der Waals surface area contributed by atoms with E-state index < -0.39 is 0 Å². The van der Waals surface area contributed by atoms with Crippen LogP contribution in [0.1, 0.15) is 40.0 Å². The van der Waals surface area contributed by atoms with Crippen molar-refractivity contribution in [2.45, 2.75) is 38.6 Å². The van der Waals surface area contributed by atoms with Crippen molar-refractivity contribution in [1.82, 2.24) is 29.5 Å². The predicted molar refractivity (Wildman–Crippen MR) is 135 cm³/mol. The van der Waals surface area contributed by atoms with Crippen molar-refractivity contribution < 1.29 is 14.3 Å². The molecule has 9 nitrogen and oxygen atoms in total. The molecule has 188 valence electrons. The van der Waals surface area contributed by atoms with Crippen LogP contribution in [0.2, 0.25) is 0 Å². The van der Waals surface area contributed by atoms with Crippen LogP contribution in [0.3, 0.4) is 0 Å². The van der Waals surface area contributed by atoms with Crippen molar-refractivity contribution in [3.05, 3.63) is 53.0 Å². The van der Waals surface area contributed by atoms with Gasteiger partial charge in [0.15, 0.2) is 0 Å². The average molecular weight is 489 g/mol. The second-order valence-electron chi connectivity index (χ2n) is 9.79. The van der Waals surface area contributed by atoms with Gasteiger partial charge in [-0.3, -0.25) is 9.69 Å². The van der Waals surface area contributed by atoms with Crippen LogP contribution in [0.15, 0.2) is 30.6 Å². The predicted octanol–water partition coefficient (Wildman–Crippen LogP) is 2.68. The molecule has 4 heterocycles. The largest absolute Gasteiger partial charge is 0.497 e. The number of likely N-dealkylation sites (tertiary alicyclic amines) is 1. The molecule has 0 N–H and O–H groups in total. The molecule has 9 heteroatoms. The lowest BCUT2D eigenvalue weighted by atomic mass is 9.90. The molecular weight excluding hydrogens is 456 g/mol. The fourth-order valence-electron chi connectivity index (χ4n) is 5.67. The molecule has 6 rings (SSSR count). The van der Waals surface area contributed by atoms with Gasteiger partial charge in [-0.25, -0.2) is 14.6 Å². The number of carbonyl (C=O) groups excluding carboxylic acids is 1. The van der Waals surface area contributed by atoms with Crippen molar-refractivity contribution in [3.8, 4) is 23.0 Å². The molecule has 3 aliphatic rings. The molecule has 1 aromatic carbocycles. The molecule has 2 fully saturated rings. The molecule has 1 aliphatic carbocycles. The Bertz CT molecular complexity index is 1270. The molecule has 2 aromatic heterocycles. The molecule has 0 unspecified atom stereocenters. The number of piperidine rings is 1. The second-order valence-corrected chi connectivity index (χ2v) is 9.79. The summed E-state index contributed by atoms with van der Waals surface area (Å²) < 4.78 is 12.6. The van der Waals surface area contributed by atoms with E-state index in [9.17, 15) is 4.79 Å². The lowest BCUT2D eigenvalue weighted by Crippen LogP contribution is -2.50. The Morgan fingerprint density at radius 3 is 2.61 bits per heavy atom. The Morgan fingerprint density at radius 2 is 1.83 bits per heavy atom. The van der Waals surface area contributed by atoms with E-state index >= 15 is 0 Å². The van der Waals surface area contributed by atoms with Crippen LogP contribution in [-0.4, -0.2) is 88.0 Å². The highest BCUT2D eigenvalue weighted by molar-refractivity contribution is 5.95. The first-order valence-electron chi connectivity index (χ1n) is 12.8. The van der Waals surface area contributed by atoms with Crippen LogP contribution in [0.25, 0.3) is 17.2 Å². The van der Waals surface area contributed by atoms with Crippen molar-refractivity contribution in [2.75, 3.05) is 46.5 Å². The van der Waals surface area contributed by atoms with E-state index in [1.165, 1.54) is 5.56 Å². The number of benzene rings is 1. The zero-order valence-corrected chi connectivity index (χ0v) is 20.9. The molecule has 3 aromatic rings. The molecule has 2 aliphatic heterocycles. The quantitative estimate of drug-likeness (QED) is 0.558. The Hall–Kier alpha value is -3.30. The van der Waals surface area contributed by atoms with Gasteiger partial charge in [0.25, 0.3) is 11.9 Å². The van der Waals surface area contributed by atoms with Gasteiger partial charge in [0.05, 0.1) is 43.5 Å². The first-order chi connectivity index (χ1) is 17.6. The maximum atomic E-state index is 13.4. The number of carbonyl (C=O) groups is 1. The van der Waals surface area contributed by atoms with Crippen molar-refractivity contribution >= 4 is 5.91 Å². The third-order valence-electron chi connectivity index (χ3n) is 7.83. The molecule has 36 heavy (non-hydrogen) atoms. The standard InChI is InChI=1S/C27H32N6O3/c1-18-24(26(34)32-9-7-21(8-10-32)31-11-13-36-14-12-31)17-29-33(18)27-28-16-20-4-3-19-5-6-22(35-2)15-23(19)25(20)30-27/h5-6,15-17,21H,3-4,7-14H2,1-2H3. The van der Waals surface area contributed by atoms with Crippen molar-refractivity contribution in [2.24, 2.45) is 0 Å². The van der Waals surface area contributed by atoms with Gasteiger partial charge >= 0.3 is 0 Å². The number of aromatic nitrogens is 4. The van der Waals surface area contributed by atoms with Crippen LogP contribution in [-0.2, 0) is 17.6 Å². The Kier molecular flexibility index (Phi) is 6.18. The van der Waals surface area contributed by atoms with E-state index in [2.05, 4.69) is 21.0 Å². The fraction of sp³-hybridized carbons (Fsp3) is 0.481. The number of hydrogen-bond donors (Lipinski definition) is 0. The maximum absolute atomic E-state index is 13.4. The van der Waals surface area contributed by atoms with Gasteiger partial charge < -0.3 is 14.4 Å². The number of hydrogen-bond acceptors (Lipinski definition) is 7. The maximum Gasteiger partial charge on any atom is 0.257 e. The molecule has 2 saturated heterocycles. The number of aryl methyl sites for hydroxylation is 2. The topological polar surface area (TPSA) is 85.6 Å².